The van der Waals surface area contributed by atoms with Crippen molar-refractivity contribution in [2.45, 2.75) is 0 Å². The summed E-state index contributed by atoms with van der Waals surface area (Å²) in [7, 11) is 0. The summed E-state index contributed by atoms with van der Waals surface area (Å²) >= 11 is 0. The molecule has 8 heteroatoms. The van der Waals surface area contributed by atoms with Gasteiger partial charge in [-0.05, 0) is 0 Å². The standard InChI is InChI=1S/6FH.Mg.Zr/h6*1H;;/q;;;;;;+2;+4/p-6. The van der Waals surface area contributed by atoms with Gasteiger partial charge in [0.05, 0.1) is 0 Å². The maximum Gasteiger partial charge on any atom is 4.00 e. The van der Waals surface area contributed by atoms with Crippen molar-refractivity contribution < 1.29 is 54.4 Å². The number of hydrogen-bond acceptors (Lipinski definition) is 0. The number of hydrogen-bond donors (Lipinski definition) is 0. The van der Waals surface area contributed by atoms with E-state index < -0.39 is 0 Å². The Morgan fingerprint density at radius 2 is 0.375 bits per heavy atom. The molecule has 0 saturated heterocycles. The van der Waals surface area contributed by atoms with Gasteiger partial charge in [-0.15, -0.1) is 0 Å². The molecule has 0 aromatic heterocycles. The summed E-state index contributed by atoms with van der Waals surface area (Å²) in [5.74, 6) is 0. The molecule has 48 valence electrons. The molecule has 0 aliphatic rings. The summed E-state index contributed by atoms with van der Waals surface area (Å²) in [5, 5.41) is 0. The van der Waals surface area contributed by atoms with Gasteiger partial charge >= 0.3 is 49.3 Å². The molecule has 0 heterocycles. The molecule has 0 atom stereocenters. The first-order chi connectivity index (χ1) is 0. The topological polar surface area (TPSA) is 0 Å². The van der Waals surface area contributed by atoms with Gasteiger partial charge in [-0.3, -0.25) is 0 Å². The van der Waals surface area contributed by atoms with Crippen LogP contribution in [0.2, 0.25) is 0 Å². The van der Waals surface area contributed by atoms with E-state index in [2.05, 4.69) is 0 Å². The molecule has 0 rings (SSSR count). The second kappa shape index (κ2) is 285. The molecule has 0 aromatic carbocycles. The normalized spacial score (nSPS) is 0. The molecule has 0 spiro atoms. The molecule has 0 bridgehead atoms. The largest absolute Gasteiger partial charge is 4.00 e. The monoisotopic (exact) mass is 228 g/mol. The molecule has 0 aromatic rings. The Morgan fingerprint density at radius 3 is 0.375 bits per heavy atom. The fourth-order valence-electron chi connectivity index (χ4n) is 0. The van der Waals surface area contributed by atoms with E-state index in [0.717, 1.165) is 0 Å². The molecular formula is F6MgZr. The van der Waals surface area contributed by atoms with Crippen molar-refractivity contribution >= 4 is 23.1 Å². The molecule has 0 amide bonds. The zero-order valence-corrected chi connectivity index (χ0v) is 7.35. The minimum atomic E-state index is 0. The summed E-state index contributed by atoms with van der Waals surface area (Å²) in [6.45, 7) is 0. The van der Waals surface area contributed by atoms with E-state index in [0.29, 0.717) is 0 Å². The Hall–Kier alpha value is 1.23. The van der Waals surface area contributed by atoms with Crippen LogP contribution in [-0.4, -0.2) is 23.1 Å². The van der Waals surface area contributed by atoms with E-state index in [-0.39, 0.29) is 77.5 Å². The summed E-state index contributed by atoms with van der Waals surface area (Å²) in [4.78, 5) is 0. The average Bonchev–Trinajstić information content (AvgIpc) is 0. The molecule has 0 aliphatic heterocycles. The van der Waals surface area contributed by atoms with Crippen molar-refractivity contribution in [2.75, 3.05) is 0 Å². The van der Waals surface area contributed by atoms with Crippen LogP contribution in [0, 0.1) is 0 Å². The van der Waals surface area contributed by atoms with Crippen molar-refractivity contribution in [3.63, 3.8) is 0 Å². The maximum atomic E-state index is 0. The zero-order chi connectivity index (χ0) is 0. The predicted molar refractivity (Wildman–Crippen MR) is 5.75 cm³/mol. The van der Waals surface area contributed by atoms with Gasteiger partial charge in [0.1, 0.15) is 0 Å². The van der Waals surface area contributed by atoms with Gasteiger partial charge in [0.15, 0.2) is 0 Å². The fraction of sp³-hybridized carbons (Fsp3) is 0. The van der Waals surface area contributed by atoms with Gasteiger partial charge in [-0.2, -0.15) is 0 Å². The van der Waals surface area contributed by atoms with Gasteiger partial charge in [-0.25, -0.2) is 0 Å². The van der Waals surface area contributed by atoms with Gasteiger partial charge < -0.3 is 28.2 Å². The fourth-order valence-corrected chi connectivity index (χ4v) is 0. The van der Waals surface area contributed by atoms with E-state index >= 15 is 0 Å². The average molecular weight is 230 g/mol. The summed E-state index contributed by atoms with van der Waals surface area (Å²) < 4.78 is 0. The predicted octanol–water partition coefficient (Wildman–Crippen LogP) is -18.4. The van der Waals surface area contributed by atoms with Crippen LogP contribution in [0.3, 0.4) is 0 Å². The van der Waals surface area contributed by atoms with Crippen LogP contribution in [0.25, 0.3) is 0 Å². The molecule has 8 heavy (non-hydrogen) atoms. The zero-order valence-electron chi connectivity index (χ0n) is 3.47. The Morgan fingerprint density at radius 1 is 0.375 bits per heavy atom. The van der Waals surface area contributed by atoms with Crippen LogP contribution >= 0.6 is 0 Å². The Kier molecular flexibility index (Phi) is 14700. The molecule has 0 saturated carbocycles. The molecule has 0 N–H and O–H groups in total. The minimum Gasteiger partial charge on any atom is -1.00 e. The van der Waals surface area contributed by atoms with Gasteiger partial charge in [0.2, 0.25) is 0 Å². The molecule has 0 unspecified atom stereocenters. The number of rotatable bonds is 0. The Balaban J connectivity index is 0. The van der Waals surface area contributed by atoms with Gasteiger partial charge in [0.25, 0.3) is 0 Å². The first-order valence-corrected chi connectivity index (χ1v) is 0. The minimum absolute atomic E-state index is 0. The van der Waals surface area contributed by atoms with Crippen LogP contribution in [0.4, 0.5) is 0 Å². The van der Waals surface area contributed by atoms with Crippen LogP contribution in [0.5, 0.6) is 0 Å². The van der Waals surface area contributed by atoms with Crippen molar-refractivity contribution in [3.8, 4) is 0 Å². The Bertz CT molecular complexity index is 8.49. The van der Waals surface area contributed by atoms with Crippen LogP contribution < -0.4 is 28.2 Å². The van der Waals surface area contributed by atoms with Crippen LogP contribution in [0.15, 0.2) is 0 Å². The summed E-state index contributed by atoms with van der Waals surface area (Å²) in [6, 6.07) is 0. The molecule has 0 fully saturated rings. The van der Waals surface area contributed by atoms with E-state index in [4.69, 9.17) is 0 Å². The van der Waals surface area contributed by atoms with Crippen molar-refractivity contribution in [1.29, 1.82) is 0 Å². The second-order valence-corrected chi connectivity index (χ2v) is 0. The third-order valence-electron chi connectivity index (χ3n) is 0. The van der Waals surface area contributed by atoms with E-state index in [1.165, 1.54) is 0 Å². The quantitative estimate of drug-likeness (QED) is 0.286. The van der Waals surface area contributed by atoms with Crippen molar-refractivity contribution in [1.82, 2.24) is 0 Å². The van der Waals surface area contributed by atoms with Crippen LogP contribution in [0.1, 0.15) is 0 Å². The third kappa shape index (κ3) is 186. The van der Waals surface area contributed by atoms with Gasteiger partial charge in [0, 0.05) is 0 Å². The van der Waals surface area contributed by atoms with Crippen molar-refractivity contribution in [3.05, 3.63) is 0 Å². The van der Waals surface area contributed by atoms with Gasteiger partial charge in [-0.1, -0.05) is 0 Å². The molecule has 0 radical (unpaired) electrons. The first-order valence-electron chi connectivity index (χ1n) is 0. The second-order valence-electron chi connectivity index (χ2n) is 0. The van der Waals surface area contributed by atoms with E-state index in [1.807, 2.05) is 0 Å². The summed E-state index contributed by atoms with van der Waals surface area (Å²) in [5.41, 5.74) is 0. The smallest absolute Gasteiger partial charge is 1.00 e. The van der Waals surface area contributed by atoms with E-state index in [1.54, 1.807) is 0 Å². The molecule has 0 aliphatic carbocycles. The van der Waals surface area contributed by atoms with Crippen molar-refractivity contribution in [2.24, 2.45) is 0 Å². The Labute approximate surface area is 77.3 Å². The third-order valence-corrected chi connectivity index (χ3v) is 0. The maximum absolute atomic E-state index is 0. The SMILES string of the molecule is [F-].[F-].[F-].[F-].[F-].[F-].[Mg+2].[Zr+4]. The molecular weight excluding hydrogens is 230 g/mol. The summed E-state index contributed by atoms with van der Waals surface area (Å²) in [6.07, 6.45) is 0. The number of halogens is 6. The molecule has 0 nitrogen and oxygen atoms in total. The first kappa shape index (κ1) is 414. The van der Waals surface area contributed by atoms with E-state index in [9.17, 15) is 0 Å². The van der Waals surface area contributed by atoms with Crippen LogP contribution in [-0.2, 0) is 26.2 Å².